The number of carboxylic acid groups (broad SMARTS) is 1. The zero-order chi connectivity index (χ0) is 15.0. The Balaban J connectivity index is 4.35. The van der Waals surface area contributed by atoms with Gasteiger partial charge in [-0.2, -0.15) is 0 Å². The topological polar surface area (TPSA) is 92.4 Å². The number of hydrogen-bond donors (Lipinski definition) is 3. The van der Waals surface area contributed by atoms with Crippen LogP contribution in [0.15, 0.2) is 0 Å². The predicted molar refractivity (Wildman–Crippen MR) is 75.6 cm³/mol. The molecule has 2 atom stereocenters. The Morgan fingerprint density at radius 2 is 1.63 bits per heavy atom. The number of carboxylic acids is 1. The largest absolute Gasteiger partial charge is 0.480 e. The van der Waals surface area contributed by atoms with Crippen LogP contribution in [0.4, 0.5) is 0 Å². The maximum Gasteiger partial charge on any atom is 0.326 e. The van der Waals surface area contributed by atoms with Crippen LogP contribution in [-0.2, 0) is 9.59 Å². The SMILES string of the molecule is CC(C)C[C@H](CN)CC(=O)N[C@@H](CC(C)C)C(=O)O. The van der Waals surface area contributed by atoms with Crippen molar-refractivity contribution < 1.29 is 14.7 Å². The molecule has 5 heteroatoms. The van der Waals surface area contributed by atoms with Gasteiger partial charge in [0.15, 0.2) is 0 Å². The van der Waals surface area contributed by atoms with Gasteiger partial charge in [-0.05, 0) is 37.1 Å². The lowest BCUT2D eigenvalue weighted by Crippen LogP contribution is -2.42. The van der Waals surface area contributed by atoms with E-state index in [1.54, 1.807) is 0 Å². The third-order valence-corrected chi connectivity index (χ3v) is 2.95. The molecule has 0 aromatic heterocycles. The molecule has 0 aromatic carbocycles. The monoisotopic (exact) mass is 272 g/mol. The normalized spacial score (nSPS) is 14.5. The number of hydrogen-bond acceptors (Lipinski definition) is 3. The number of nitrogens with two attached hydrogens (primary N) is 1. The fourth-order valence-electron chi connectivity index (χ4n) is 2.14. The molecular formula is C14H28N2O3. The second-order valence-corrected chi connectivity index (χ2v) is 6.02. The minimum absolute atomic E-state index is 0.119. The molecule has 0 aliphatic rings. The Labute approximate surface area is 115 Å². The van der Waals surface area contributed by atoms with Crippen molar-refractivity contribution in [3.8, 4) is 0 Å². The Hall–Kier alpha value is -1.10. The summed E-state index contributed by atoms with van der Waals surface area (Å²) in [4.78, 5) is 22.9. The van der Waals surface area contributed by atoms with Crippen molar-refractivity contribution in [2.24, 2.45) is 23.5 Å². The van der Waals surface area contributed by atoms with E-state index in [9.17, 15) is 9.59 Å². The van der Waals surface area contributed by atoms with E-state index < -0.39 is 12.0 Å². The summed E-state index contributed by atoms with van der Waals surface area (Å²) in [6.45, 7) is 8.49. The highest BCUT2D eigenvalue weighted by Gasteiger charge is 2.22. The van der Waals surface area contributed by atoms with Gasteiger partial charge in [-0.15, -0.1) is 0 Å². The van der Waals surface area contributed by atoms with Gasteiger partial charge in [-0.25, -0.2) is 4.79 Å². The highest BCUT2D eigenvalue weighted by Crippen LogP contribution is 2.14. The summed E-state index contributed by atoms with van der Waals surface area (Å²) in [5.41, 5.74) is 5.64. The van der Waals surface area contributed by atoms with Crippen molar-refractivity contribution in [1.29, 1.82) is 0 Å². The first kappa shape index (κ1) is 17.9. The maximum atomic E-state index is 11.9. The summed E-state index contributed by atoms with van der Waals surface area (Å²) in [5.74, 6) is -0.373. The molecule has 5 nitrogen and oxygen atoms in total. The maximum absolute atomic E-state index is 11.9. The van der Waals surface area contributed by atoms with E-state index in [1.165, 1.54) is 0 Å². The van der Waals surface area contributed by atoms with Crippen LogP contribution >= 0.6 is 0 Å². The molecule has 0 aliphatic carbocycles. The van der Waals surface area contributed by atoms with Crippen molar-refractivity contribution in [2.75, 3.05) is 6.54 Å². The molecule has 0 fully saturated rings. The summed E-state index contributed by atoms with van der Waals surface area (Å²) in [6.07, 6.45) is 1.63. The third-order valence-electron chi connectivity index (χ3n) is 2.95. The number of aliphatic carboxylic acids is 1. The minimum atomic E-state index is -0.977. The van der Waals surface area contributed by atoms with Gasteiger partial charge in [0, 0.05) is 6.42 Å². The molecule has 4 N–H and O–H groups in total. The molecule has 0 saturated carbocycles. The van der Waals surface area contributed by atoms with Crippen LogP contribution in [-0.4, -0.2) is 29.6 Å². The molecule has 0 spiro atoms. The third kappa shape index (κ3) is 8.59. The van der Waals surface area contributed by atoms with E-state index in [-0.39, 0.29) is 17.7 Å². The first-order valence-corrected chi connectivity index (χ1v) is 6.98. The van der Waals surface area contributed by atoms with Crippen molar-refractivity contribution >= 4 is 11.9 Å². The van der Waals surface area contributed by atoms with Crippen LogP contribution in [0.1, 0.15) is 47.0 Å². The van der Waals surface area contributed by atoms with Crippen LogP contribution in [0.25, 0.3) is 0 Å². The zero-order valence-electron chi connectivity index (χ0n) is 12.5. The second-order valence-electron chi connectivity index (χ2n) is 6.02. The second kappa shape index (κ2) is 8.91. The first-order valence-electron chi connectivity index (χ1n) is 6.98. The summed E-state index contributed by atoms with van der Waals surface area (Å²) < 4.78 is 0. The van der Waals surface area contributed by atoms with Crippen LogP contribution in [0.3, 0.4) is 0 Å². The van der Waals surface area contributed by atoms with E-state index in [4.69, 9.17) is 10.8 Å². The van der Waals surface area contributed by atoms with Gasteiger partial charge in [-0.3, -0.25) is 4.79 Å². The van der Waals surface area contributed by atoms with Crippen molar-refractivity contribution in [3.63, 3.8) is 0 Å². The molecule has 0 radical (unpaired) electrons. The van der Waals surface area contributed by atoms with Gasteiger partial charge < -0.3 is 16.2 Å². The van der Waals surface area contributed by atoms with E-state index in [0.29, 0.717) is 25.3 Å². The Kier molecular flexibility index (Phi) is 8.39. The average Bonchev–Trinajstić information content (AvgIpc) is 2.25. The molecule has 0 heterocycles. The fraction of sp³-hybridized carbons (Fsp3) is 0.857. The number of nitrogens with one attached hydrogen (secondary N) is 1. The molecule has 1 amide bonds. The van der Waals surface area contributed by atoms with Crippen LogP contribution in [0, 0.1) is 17.8 Å². The Bertz CT molecular complexity index is 290. The van der Waals surface area contributed by atoms with Gasteiger partial charge in [0.2, 0.25) is 5.91 Å². The predicted octanol–water partition coefficient (Wildman–Crippen LogP) is 1.61. The van der Waals surface area contributed by atoms with Gasteiger partial charge >= 0.3 is 5.97 Å². The number of rotatable bonds is 9. The molecule has 112 valence electrons. The molecule has 0 rings (SSSR count). The molecular weight excluding hydrogens is 244 g/mol. The van der Waals surface area contributed by atoms with E-state index in [2.05, 4.69) is 19.2 Å². The van der Waals surface area contributed by atoms with Crippen molar-refractivity contribution in [3.05, 3.63) is 0 Å². The van der Waals surface area contributed by atoms with Crippen LogP contribution < -0.4 is 11.1 Å². The molecule has 0 aliphatic heterocycles. The lowest BCUT2D eigenvalue weighted by atomic mass is 9.93. The van der Waals surface area contributed by atoms with Gasteiger partial charge in [-0.1, -0.05) is 27.7 Å². The summed E-state index contributed by atoms with van der Waals surface area (Å²) in [6, 6.07) is -0.801. The highest BCUT2D eigenvalue weighted by atomic mass is 16.4. The Morgan fingerprint density at radius 3 is 2.00 bits per heavy atom. The lowest BCUT2D eigenvalue weighted by molar-refractivity contribution is -0.142. The summed E-state index contributed by atoms with van der Waals surface area (Å²) >= 11 is 0. The zero-order valence-corrected chi connectivity index (χ0v) is 12.5. The molecule has 0 saturated heterocycles. The Morgan fingerprint density at radius 1 is 1.11 bits per heavy atom. The van der Waals surface area contributed by atoms with E-state index in [1.807, 2.05) is 13.8 Å². The summed E-state index contributed by atoms with van der Waals surface area (Å²) in [5, 5.41) is 11.7. The van der Waals surface area contributed by atoms with Crippen LogP contribution in [0.2, 0.25) is 0 Å². The van der Waals surface area contributed by atoms with Gasteiger partial charge in [0.05, 0.1) is 0 Å². The number of carbonyl (C=O) groups is 2. The number of amides is 1. The quantitative estimate of drug-likeness (QED) is 0.594. The fourth-order valence-corrected chi connectivity index (χ4v) is 2.14. The van der Waals surface area contributed by atoms with Gasteiger partial charge in [0.25, 0.3) is 0 Å². The summed E-state index contributed by atoms with van der Waals surface area (Å²) in [7, 11) is 0. The minimum Gasteiger partial charge on any atom is -0.480 e. The average molecular weight is 272 g/mol. The smallest absolute Gasteiger partial charge is 0.326 e. The van der Waals surface area contributed by atoms with Crippen molar-refractivity contribution in [2.45, 2.75) is 53.0 Å². The van der Waals surface area contributed by atoms with Gasteiger partial charge in [0.1, 0.15) is 6.04 Å². The van der Waals surface area contributed by atoms with Crippen molar-refractivity contribution in [1.82, 2.24) is 5.32 Å². The van der Waals surface area contributed by atoms with Crippen LogP contribution in [0.5, 0.6) is 0 Å². The van der Waals surface area contributed by atoms with E-state index in [0.717, 1.165) is 6.42 Å². The standard InChI is InChI=1S/C14H28N2O3/c1-9(2)5-11(8-15)7-13(17)16-12(14(18)19)6-10(3)4/h9-12H,5-8,15H2,1-4H3,(H,16,17)(H,18,19)/t11-,12-/m0/s1. The number of carbonyl (C=O) groups excluding carboxylic acids is 1. The molecule has 0 unspecified atom stereocenters. The highest BCUT2D eigenvalue weighted by molar-refractivity contribution is 5.83. The molecule has 19 heavy (non-hydrogen) atoms. The lowest BCUT2D eigenvalue weighted by Gasteiger charge is -2.20. The molecule has 0 aromatic rings. The molecule has 0 bridgehead atoms. The van der Waals surface area contributed by atoms with E-state index >= 15 is 0 Å². The first-order chi connectivity index (χ1) is 8.76.